The molecule has 174 valence electrons. The van der Waals surface area contributed by atoms with Crippen molar-refractivity contribution >= 4 is 17.5 Å². The van der Waals surface area contributed by atoms with E-state index >= 15 is 0 Å². The lowest BCUT2D eigenvalue weighted by atomic mass is 10.0. The third-order valence-electron chi connectivity index (χ3n) is 5.32. The number of aliphatic hydroxyl groups excluding tert-OH is 1. The molecule has 1 aromatic heterocycles. The summed E-state index contributed by atoms with van der Waals surface area (Å²) in [6, 6.07) is 12.1. The largest absolute Gasteiger partial charge is 0.396 e. The summed E-state index contributed by atoms with van der Waals surface area (Å²) in [5.74, 6) is -1.43. The fraction of sp³-hybridized carbons (Fsp3) is 0.480. The molecule has 0 radical (unpaired) electrons. The van der Waals surface area contributed by atoms with Gasteiger partial charge in [-0.15, -0.1) is 0 Å². The van der Waals surface area contributed by atoms with Crippen LogP contribution in [-0.4, -0.2) is 30.1 Å². The number of unbranched alkanes of at least 4 members (excludes halogenated alkanes) is 4. The van der Waals surface area contributed by atoms with Gasteiger partial charge in [-0.25, -0.2) is 4.57 Å². The molecule has 0 bridgehead atoms. The van der Waals surface area contributed by atoms with Crippen LogP contribution in [0.5, 0.6) is 0 Å². The third kappa shape index (κ3) is 9.47. The van der Waals surface area contributed by atoms with E-state index in [-0.39, 0.29) is 6.61 Å². The fourth-order valence-electron chi connectivity index (χ4n) is 3.36. The predicted molar refractivity (Wildman–Crippen MR) is 126 cm³/mol. The number of pyridine rings is 1. The minimum absolute atomic E-state index is 0.0719. The molecule has 2 rings (SSSR count). The molecule has 0 aliphatic rings. The van der Waals surface area contributed by atoms with E-state index < -0.39 is 11.8 Å². The Bertz CT molecular complexity index is 824. The Morgan fingerprint density at radius 2 is 1.69 bits per heavy atom. The summed E-state index contributed by atoms with van der Waals surface area (Å²) in [5, 5.41) is 11.3. The summed E-state index contributed by atoms with van der Waals surface area (Å²) < 4.78 is 2.24. The molecule has 0 spiro atoms. The molecule has 2 aromatic rings. The first kappa shape index (κ1) is 25.3. The maximum atomic E-state index is 12.0. The van der Waals surface area contributed by atoms with E-state index in [0.29, 0.717) is 19.4 Å². The molecule has 1 aromatic carbocycles. The van der Waals surface area contributed by atoms with Gasteiger partial charge in [0.1, 0.15) is 6.54 Å². The zero-order valence-electron chi connectivity index (χ0n) is 19.1. The first-order valence-corrected chi connectivity index (χ1v) is 11.6. The molecule has 4 N–H and O–H groups in total. The summed E-state index contributed by atoms with van der Waals surface area (Å²) in [6.07, 6.45) is 12.2. The third-order valence-corrected chi connectivity index (χ3v) is 5.32. The van der Waals surface area contributed by atoms with Crippen LogP contribution < -0.4 is 20.7 Å². The zero-order valence-corrected chi connectivity index (χ0v) is 19.1. The van der Waals surface area contributed by atoms with Gasteiger partial charge < -0.3 is 10.4 Å². The van der Waals surface area contributed by atoms with Crippen LogP contribution in [0.15, 0.2) is 48.8 Å². The summed E-state index contributed by atoms with van der Waals surface area (Å²) in [7, 11) is 0. The maximum Gasteiger partial charge on any atom is 0.327 e. The van der Waals surface area contributed by atoms with Gasteiger partial charge in [-0.3, -0.25) is 20.4 Å². The number of para-hydroxylation sites is 1. The number of anilines is 1. The SMILES string of the molecule is CCCCCC[n+]1ccc(CCc2ccccc2NNC(=O)C(=O)NCCCCO)cc1. The number of hydrogen-bond acceptors (Lipinski definition) is 4. The number of carbonyl (C=O) groups excluding carboxylic acids is 2. The van der Waals surface area contributed by atoms with Crippen molar-refractivity contribution in [2.45, 2.75) is 64.8 Å². The number of aromatic nitrogens is 1. The molecule has 1 heterocycles. The van der Waals surface area contributed by atoms with E-state index in [1.54, 1.807) is 0 Å². The highest BCUT2D eigenvalue weighted by molar-refractivity contribution is 6.35. The van der Waals surface area contributed by atoms with Gasteiger partial charge in [0, 0.05) is 31.7 Å². The smallest absolute Gasteiger partial charge is 0.327 e. The van der Waals surface area contributed by atoms with E-state index in [1.807, 2.05) is 24.3 Å². The lowest BCUT2D eigenvalue weighted by molar-refractivity contribution is -0.697. The predicted octanol–water partition coefficient (Wildman–Crippen LogP) is 2.67. The maximum absolute atomic E-state index is 12.0. The topological polar surface area (TPSA) is 94.3 Å². The van der Waals surface area contributed by atoms with Gasteiger partial charge in [-0.2, -0.15) is 0 Å². The first-order chi connectivity index (χ1) is 15.6. The van der Waals surface area contributed by atoms with E-state index in [2.05, 4.69) is 52.2 Å². The van der Waals surface area contributed by atoms with E-state index in [1.165, 1.54) is 31.2 Å². The van der Waals surface area contributed by atoms with Gasteiger partial charge in [0.15, 0.2) is 12.4 Å². The number of carbonyl (C=O) groups is 2. The summed E-state index contributed by atoms with van der Waals surface area (Å²) in [5.41, 5.74) is 8.43. The zero-order chi connectivity index (χ0) is 23.0. The second-order valence-electron chi connectivity index (χ2n) is 7.93. The molecular formula is C25H37N4O3+. The number of nitrogens with zero attached hydrogens (tertiary/aromatic N) is 1. The second kappa shape index (κ2) is 15.0. The number of rotatable bonds is 14. The molecule has 7 nitrogen and oxygen atoms in total. The van der Waals surface area contributed by atoms with E-state index in [0.717, 1.165) is 30.6 Å². The Hall–Kier alpha value is -2.93. The van der Waals surface area contributed by atoms with Gasteiger partial charge in [0.05, 0.1) is 5.69 Å². The van der Waals surface area contributed by atoms with Crippen molar-refractivity contribution in [3.8, 4) is 0 Å². The molecule has 0 saturated heterocycles. The fourth-order valence-corrected chi connectivity index (χ4v) is 3.36. The number of hydrazine groups is 1. The Morgan fingerprint density at radius 3 is 2.44 bits per heavy atom. The number of aryl methyl sites for hydroxylation is 3. The molecule has 0 saturated carbocycles. The Morgan fingerprint density at radius 1 is 0.906 bits per heavy atom. The normalized spacial score (nSPS) is 10.6. The molecule has 0 aliphatic carbocycles. The Balaban J connectivity index is 1.80. The minimum Gasteiger partial charge on any atom is -0.396 e. The van der Waals surface area contributed by atoms with Crippen LogP contribution in [0.3, 0.4) is 0 Å². The Labute approximate surface area is 191 Å². The monoisotopic (exact) mass is 441 g/mol. The second-order valence-corrected chi connectivity index (χ2v) is 7.93. The first-order valence-electron chi connectivity index (χ1n) is 11.6. The van der Waals surface area contributed by atoms with Crippen molar-refractivity contribution in [3.05, 3.63) is 59.9 Å². The van der Waals surface area contributed by atoms with Crippen LogP contribution >= 0.6 is 0 Å². The molecular weight excluding hydrogens is 404 g/mol. The van der Waals surface area contributed by atoms with E-state index in [9.17, 15) is 9.59 Å². The van der Waals surface area contributed by atoms with Crippen LogP contribution in [-0.2, 0) is 29.0 Å². The van der Waals surface area contributed by atoms with Crippen molar-refractivity contribution in [2.75, 3.05) is 18.6 Å². The van der Waals surface area contributed by atoms with Crippen molar-refractivity contribution < 1.29 is 19.3 Å². The molecule has 0 atom stereocenters. The number of nitrogens with one attached hydrogen (secondary N) is 3. The molecule has 0 aliphatic heterocycles. The van der Waals surface area contributed by atoms with Gasteiger partial charge >= 0.3 is 11.8 Å². The van der Waals surface area contributed by atoms with E-state index in [4.69, 9.17) is 5.11 Å². The van der Waals surface area contributed by atoms with Crippen LogP contribution in [0.25, 0.3) is 0 Å². The van der Waals surface area contributed by atoms with Crippen molar-refractivity contribution in [1.29, 1.82) is 0 Å². The van der Waals surface area contributed by atoms with Gasteiger partial charge in [0.25, 0.3) is 0 Å². The number of hydrogen-bond donors (Lipinski definition) is 4. The van der Waals surface area contributed by atoms with Crippen molar-refractivity contribution in [3.63, 3.8) is 0 Å². The highest BCUT2D eigenvalue weighted by atomic mass is 16.3. The number of amides is 2. The standard InChI is InChI=1S/C25H36N4O3/c1-2-3-4-8-17-29-18-14-21(15-19-29)12-13-22-10-5-6-11-23(22)27-28-25(32)24(31)26-16-7-9-20-30/h5-6,10-11,14-15,18-19,30H,2-4,7-9,12-13,16-17,20H2,1H3,(H2-,26,27,28,31,32)/p+1. The lowest BCUT2D eigenvalue weighted by Gasteiger charge is -2.13. The van der Waals surface area contributed by atoms with Crippen LogP contribution in [0.2, 0.25) is 0 Å². The highest BCUT2D eigenvalue weighted by Gasteiger charge is 2.13. The summed E-state index contributed by atoms with van der Waals surface area (Å²) in [6.45, 7) is 3.71. The lowest BCUT2D eigenvalue weighted by Crippen LogP contribution is -2.42. The Kier molecular flexibility index (Phi) is 11.8. The minimum atomic E-state index is -0.740. The average molecular weight is 442 g/mol. The van der Waals surface area contributed by atoms with Crippen molar-refractivity contribution in [1.82, 2.24) is 10.7 Å². The average Bonchev–Trinajstić information content (AvgIpc) is 2.82. The molecule has 7 heteroatoms. The van der Waals surface area contributed by atoms with Crippen LogP contribution in [0, 0.1) is 0 Å². The molecule has 32 heavy (non-hydrogen) atoms. The molecule has 0 fully saturated rings. The molecule has 2 amide bonds. The quantitative estimate of drug-likeness (QED) is 0.157. The van der Waals surface area contributed by atoms with Crippen LogP contribution in [0.1, 0.15) is 56.6 Å². The number of aliphatic hydroxyl groups is 1. The van der Waals surface area contributed by atoms with Crippen molar-refractivity contribution in [2.24, 2.45) is 0 Å². The van der Waals surface area contributed by atoms with Gasteiger partial charge in [-0.05, 0) is 49.3 Å². The highest BCUT2D eigenvalue weighted by Crippen LogP contribution is 2.16. The van der Waals surface area contributed by atoms with Crippen LogP contribution in [0.4, 0.5) is 5.69 Å². The summed E-state index contributed by atoms with van der Waals surface area (Å²) in [4.78, 5) is 23.8. The molecule has 0 unspecified atom stereocenters. The van der Waals surface area contributed by atoms with Gasteiger partial charge in [0.2, 0.25) is 0 Å². The number of benzene rings is 1. The summed E-state index contributed by atoms with van der Waals surface area (Å²) >= 11 is 0. The van der Waals surface area contributed by atoms with Gasteiger partial charge in [-0.1, -0.05) is 38.0 Å².